The summed E-state index contributed by atoms with van der Waals surface area (Å²) < 4.78 is 51.3. The van der Waals surface area contributed by atoms with Gasteiger partial charge in [0, 0.05) is 65.8 Å². The van der Waals surface area contributed by atoms with Crippen LogP contribution in [0.3, 0.4) is 0 Å². The van der Waals surface area contributed by atoms with Gasteiger partial charge in [0.2, 0.25) is 0 Å². The minimum atomic E-state index is -4.62. The zero-order valence-electron chi connectivity index (χ0n) is 20.0. The summed E-state index contributed by atoms with van der Waals surface area (Å²) in [5.74, 6) is 0.864. The first-order chi connectivity index (χ1) is 17.7. The average Bonchev–Trinajstić information content (AvgIpc) is 3.39. The lowest BCUT2D eigenvalue weighted by molar-refractivity contribution is -0.141. The van der Waals surface area contributed by atoms with Crippen LogP contribution in [0.1, 0.15) is 12.6 Å². The molecule has 4 rings (SSSR count). The summed E-state index contributed by atoms with van der Waals surface area (Å²) in [5, 5.41) is 8.82. The number of nitrogens with one attached hydrogen (secondary N) is 2. The minimum absolute atomic E-state index is 0.127. The number of hydrogen-bond donors (Lipinski definition) is 2. The van der Waals surface area contributed by atoms with Crippen molar-refractivity contribution >= 4 is 11.8 Å². The summed E-state index contributed by atoms with van der Waals surface area (Å²) in [6.07, 6.45) is 2.74. The van der Waals surface area contributed by atoms with Crippen molar-refractivity contribution < 1.29 is 27.4 Å². The molecule has 10 nitrogen and oxygen atoms in total. The predicted molar refractivity (Wildman–Crippen MR) is 129 cm³/mol. The van der Waals surface area contributed by atoms with Crippen LogP contribution < -0.4 is 20.1 Å². The van der Waals surface area contributed by atoms with E-state index in [-0.39, 0.29) is 11.5 Å². The number of nitrogens with zero attached hydrogens (tertiary/aromatic N) is 5. The van der Waals surface area contributed by atoms with Gasteiger partial charge in [-0.1, -0.05) is 0 Å². The highest BCUT2D eigenvalue weighted by molar-refractivity contribution is 5.89. The quantitative estimate of drug-likeness (QED) is 0.372. The van der Waals surface area contributed by atoms with E-state index in [2.05, 4.69) is 30.7 Å². The van der Waals surface area contributed by atoms with E-state index in [9.17, 15) is 18.0 Å². The van der Waals surface area contributed by atoms with Gasteiger partial charge in [0.25, 0.3) is 5.88 Å². The number of amides is 2. The molecule has 0 spiro atoms. The number of carbonyl (C=O) groups excluding carboxylic acids is 1. The molecule has 2 amide bonds. The first kappa shape index (κ1) is 25.4. The second-order valence-electron chi connectivity index (χ2n) is 7.61. The fourth-order valence-corrected chi connectivity index (χ4v) is 3.49. The third kappa shape index (κ3) is 5.60. The maximum Gasteiger partial charge on any atom is 0.435 e. The van der Waals surface area contributed by atoms with Gasteiger partial charge in [-0.15, -0.1) is 0 Å². The summed E-state index contributed by atoms with van der Waals surface area (Å²) in [5.41, 5.74) is 1.51. The normalized spacial score (nSPS) is 11.2. The Bertz CT molecular complexity index is 1420. The summed E-state index contributed by atoms with van der Waals surface area (Å²) in [6.45, 7) is 2.13. The van der Waals surface area contributed by atoms with Gasteiger partial charge < -0.3 is 14.8 Å². The van der Waals surface area contributed by atoms with Gasteiger partial charge in [0.1, 0.15) is 5.82 Å². The Kier molecular flexibility index (Phi) is 7.22. The lowest BCUT2D eigenvalue weighted by Crippen LogP contribution is -2.28. The van der Waals surface area contributed by atoms with Crippen LogP contribution in [0.4, 0.5) is 23.8 Å². The van der Waals surface area contributed by atoms with E-state index in [0.29, 0.717) is 40.4 Å². The molecule has 4 aromatic rings. The highest BCUT2D eigenvalue weighted by Gasteiger charge is 2.34. The van der Waals surface area contributed by atoms with E-state index >= 15 is 0 Å². The summed E-state index contributed by atoms with van der Waals surface area (Å²) in [6, 6.07) is 5.30. The van der Waals surface area contributed by atoms with Crippen LogP contribution in [-0.2, 0) is 6.18 Å². The molecule has 0 saturated heterocycles. The van der Waals surface area contributed by atoms with Crippen molar-refractivity contribution in [2.24, 2.45) is 0 Å². The number of rotatable bonds is 7. The molecule has 0 fully saturated rings. The van der Waals surface area contributed by atoms with E-state index in [1.54, 1.807) is 37.6 Å². The molecule has 0 aliphatic heterocycles. The predicted octanol–water partition coefficient (Wildman–Crippen LogP) is 4.57. The molecule has 0 aromatic carbocycles. The smallest absolute Gasteiger partial charge is 0.435 e. The lowest BCUT2D eigenvalue weighted by Gasteiger charge is -2.14. The fourth-order valence-electron chi connectivity index (χ4n) is 3.49. The Hall–Kier alpha value is -4.68. The van der Waals surface area contributed by atoms with E-state index in [1.165, 1.54) is 32.7 Å². The van der Waals surface area contributed by atoms with E-state index in [1.807, 2.05) is 0 Å². The number of aromatic nitrogens is 5. The number of ether oxygens (including phenoxy) is 2. The molecule has 0 aliphatic carbocycles. The molecule has 0 bridgehead atoms. The molecule has 4 heterocycles. The number of pyridine rings is 3. The van der Waals surface area contributed by atoms with Crippen LogP contribution in [0, 0.1) is 0 Å². The second-order valence-corrected chi connectivity index (χ2v) is 7.61. The zero-order valence-corrected chi connectivity index (χ0v) is 20.0. The zero-order chi connectivity index (χ0) is 26.6. The average molecular weight is 513 g/mol. The van der Waals surface area contributed by atoms with E-state index in [4.69, 9.17) is 9.47 Å². The first-order valence-corrected chi connectivity index (χ1v) is 11.0. The van der Waals surface area contributed by atoms with Crippen LogP contribution in [0.2, 0.25) is 0 Å². The summed E-state index contributed by atoms with van der Waals surface area (Å²) >= 11 is 0. The molecule has 0 radical (unpaired) electrons. The molecule has 13 heteroatoms. The first-order valence-electron chi connectivity index (χ1n) is 11.0. The van der Waals surface area contributed by atoms with Crippen molar-refractivity contribution in [3.8, 4) is 39.6 Å². The summed E-state index contributed by atoms with van der Waals surface area (Å²) in [4.78, 5) is 24.8. The number of hydrogen-bond acceptors (Lipinski definition) is 7. The molecule has 2 N–H and O–H groups in total. The second kappa shape index (κ2) is 10.5. The minimum Gasteiger partial charge on any atom is -0.491 e. The maximum absolute atomic E-state index is 13.2. The molecule has 4 aromatic heterocycles. The number of alkyl halides is 3. The van der Waals surface area contributed by atoms with Crippen molar-refractivity contribution in [3.05, 3.63) is 60.9 Å². The van der Waals surface area contributed by atoms with Crippen LogP contribution in [0.25, 0.3) is 27.9 Å². The van der Waals surface area contributed by atoms with Crippen molar-refractivity contribution in [2.45, 2.75) is 13.1 Å². The van der Waals surface area contributed by atoms with Gasteiger partial charge >= 0.3 is 12.2 Å². The highest BCUT2D eigenvalue weighted by Crippen LogP contribution is 2.34. The molecular weight excluding hydrogens is 491 g/mol. The molecule has 0 aliphatic rings. The van der Waals surface area contributed by atoms with Crippen LogP contribution in [0.15, 0.2) is 55.2 Å². The van der Waals surface area contributed by atoms with Gasteiger partial charge in [-0.3, -0.25) is 10.3 Å². The Morgan fingerprint density at radius 1 is 1.00 bits per heavy atom. The number of anilines is 1. The third-order valence-electron chi connectivity index (χ3n) is 5.20. The number of halogens is 3. The Morgan fingerprint density at radius 2 is 1.76 bits per heavy atom. The van der Waals surface area contributed by atoms with Gasteiger partial charge in [-0.05, 0) is 25.1 Å². The van der Waals surface area contributed by atoms with Crippen LogP contribution in [-0.4, -0.2) is 51.5 Å². The van der Waals surface area contributed by atoms with E-state index < -0.39 is 17.9 Å². The Morgan fingerprint density at radius 3 is 2.43 bits per heavy atom. The maximum atomic E-state index is 13.2. The molecular formula is C24H22F3N7O3. The van der Waals surface area contributed by atoms with E-state index in [0.717, 1.165) is 10.7 Å². The van der Waals surface area contributed by atoms with Crippen molar-refractivity contribution in [1.82, 2.24) is 30.0 Å². The fraction of sp³-hybridized carbons (Fsp3) is 0.208. The number of methoxy groups -OCH3 is 2. The monoisotopic (exact) mass is 513 g/mol. The van der Waals surface area contributed by atoms with Crippen molar-refractivity contribution in [1.29, 1.82) is 0 Å². The standard InChI is InChI=1S/C24H22F3N7O3/c1-4-29-23(35)32-21-9-18(34-6-5-20(33-34)24(25,26)27)17(13-30-21)16-7-14(10-28-11-16)15-8-19(36-2)22(37-3)31-12-15/h5-13H,4H2,1-3H3,(H2,29,30,32,35). The van der Waals surface area contributed by atoms with Crippen LogP contribution in [0.5, 0.6) is 11.6 Å². The highest BCUT2D eigenvalue weighted by atomic mass is 19.4. The van der Waals surface area contributed by atoms with Crippen LogP contribution >= 0.6 is 0 Å². The molecule has 0 atom stereocenters. The molecule has 0 saturated carbocycles. The summed E-state index contributed by atoms with van der Waals surface area (Å²) in [7, 11) is 2.97. The van der Waals surface area contributed by atoms with Gasteiger partial charge in [0.05, 0.1) is 19.9 Å². The third-order valence-corrected chi connectivity index (χ3v) is 5.20. The molecule has 192 valence electrons. The Labute approximate surface area is 209 Å². The van der Waals surface area contributed by atoms with Gasteiger partial charge in [-0.25, -0.2) is 19.4 Å². The largest absolute Gasteiger partial charge is 0.491 e. The number of urea groups is 1. The lowest BCUT2D eigenvalue weighted by atomic mass is 10.0. The van der Waals surface area contributed by atoms with Gasteiger partial charge in [0.15, 0.2) is 11.4 Å². The SMILES string of the molecule is CCNC(=O)Nc1cc(-n2ccc(C(F)(F)F)n2)c(-c2cncc(-c3cnc(OC)c(OC)c3)c2)cn1. The Balaban J connectivity index is 1.80. The number of carbonyl (C=O) groups is 1. The topological polar surface area (TPSA) is 116 Å². The van der Waals surface area contributed by atoms with Gasteiger partial charge in [-0.2, -0.15) is 18.3 Å². The van der Waals surface area contributed by atoms with Crippen molar-refractivity contribution in [2.75, 3.05) is 26.1 Å². The van der Waals surface area contributed by atoms with Crippen molar-refractivity contribution in [3.63, 3.8) is 0 Å². The molecule has 37 heavy (non-hydrogen) atoms. The molecule has 0 unspecified atom stereocenters.